The number of pyridine rings is 1. The quantitative estimate of drug-likeness (QED) is 0.0956. The summed E-state index contributed by atoms with van der Waals surface area (Å²) in [4.78, 5) is 4.44. The van der Waals surface area contributed by atoms with Gasteiger partial charge in [0, 0.05) is 28.7 Å². The summed E-state index contributed by atoms with van der Waals surface area (Å²) in [5.74, 6) is -0.389. The van der Waals surface area contributed by atoms with Crippen LogP contribution >= 0.6 is 15.9 Å². The van der Waals surface area contributed by atoms with E-state index < -0.39 is 42.0 Å². The number of aromatic nitrogens is 2. The molecule has 0 radical (unpaired) electrons. The largest absolute Gasteiger partial charge is 0.598 e. The molecule has 5 nitrogen and oxygen atoms in total. The number of fused-ring (bicyclic) bond motifs is 1. The fourth-order valence-corrected chi connectivity index (χ4v) is 7.12. The van der Waals surface area contributed by atoms with Crippen molar-refractivity contribution in [1.29, 1.82) is 0 Å². The first-order valence-corrected chi connectivity index (χ1v) is 18.0. The Morgan fingerprint density at radius 3 is 2.38 bits per heavy atom. The number of nitrogens with one attached hydrogen (secondary N) is 1. The molecule has 2 heterocycles. The first kappa shape index (κ1) is 30.7. The van der Waals surface area contributed by atoms with Gasteiger partial charge in [-0.15, -0.1) is 4.72 Å². The predicted molar refractivity (Wildman–Crippen MR) is 157 cm³/mol. The Morgan fingerprint density at radius 2 is 1.75 bits per heavy atom. The normalized spacial score (nSPS) is 14.5. The molecule has 0 amide bonds. The smallest absolute Gasteiger partial charge is 0.416 e. The number of benzene rings is 2. The SMILES string of the molecule is CC(C)(C)[S+]([O-])N[C@@H](Cc1nc(Br)cc([Si](C)(C)C)c1F)c1ccccc1-c1noc2cc(C(F)(F)F)ccc12. The lowest BCUT2D eigenvalue weighted by Gasteiger charge is -2.29. The van der Waals surface area contributed by atoms with Crippen molar-refractivity contribution in [3.05, 3.63) is 75.8 Å². The van der Waals surface area contributed by atoms with Gasteiger partial charge < -0.3 is 9.08 Å². The zero-order valence-corrected chi connectivity index (χ0v) is 26.3. The zero-order valence-electron chi connectivity index (χ0n) is 22.9. The Kier molecular flexibility index (Phi) is 8.60. The van der Waals surface area contributed by atoms with Crippen molar-refractivity contribution in [2.24, 2.45) is 0 Å². The molecule has 12 heteroatoms. The van der Waals surface area contributed by atoms with Gasteiger partial charge in [-0.3, -0.25) is 0 Å². The van der Waals surface area contributed by atoms with Gasteiger partial charge in [0.05, 0.1) is 25.4 Å². The maximum Gasteiger partial charge on any atom is 0.416 e. The van der Waals surface area contributed by atoms with Crippen molar-refractivity contribution < 1.29 is 26.6 Å². The van der Waals surface area contributed by atoms with Crippen molar-refractivity contribution in [3.63, 3.8) is 0 Å². The number of hydrogen-bond donors (Lipinski definition) is 1. The van der Waals surface area contributed by atoms with Gasteiger partial charge >= 0.3 is 6.18 Å². The topological polar surface area (TPSA) is 74.0 Å². The molecule has 1 unspecified atom stereocenters. The van der Waals surface area contributed by atoms with Crippen molar-refractivity contribution in [2.75, 3.05) is 0 Å². The van der Waals surface area contributed by atoms with E-state index >= 15 is 4.39 Å². The van der Waals surface area contributed by atoms with Crippen LogP contribution in [0.15, 0.2) is 57.7 Å². The molecule has 0 aliphatic carbocycles. The predicted octanol–water partition coefficient (Wildman–Crippen LogP) is 7.69. The van der Waals surface area contributed by atoms with E-state index in [1.807, 2.05) is 40.4 Å². The molecule has 0 fully saturated rings. The third-order valence-corrected chi connectivity index (χ3v) is 10.4. The molecule has 2 aromatic carbocycles. The lowest BCUT2D eigenvalue weighted by molar-refractivity contribution is -0.137. The van der Waals surface area contributed by atoms with E-state index in [2.05, 4.69) is 30.8 Å². The Hall–Kier alpha value is -2.25. The minimum Gasteiger partial charge on any atom is -0.598 e. The summed E-state index contributed by atoms with van der Waals surface area (Å²) in [7, 11) is -2.06. The van der Waals surface area contributed by atoms with Gasteiger partial charge in [-0.2, -0.15) is 13.2 Å². The lowest BCUT2D eigenvalue weighted by atomic mass is 9.94. The molecule has 1 N–H and O–H groups in total. The first-order chi connectivity index (χ1) is 18.5. The van der Waals surface area contributed by atoms with Gasteiger partial charge in [0.2, 0.25) is 0 Å². The van der Waals surface area contributed by atoms with Crippen LogP contribution in [0.25, 0.3) is 22.2 Å². The van der Waals surface area contributed by atoms with Gasteiger partial charge in [-0.05, 0) is 71.7 Å². The number of alkyl halides is 3. The summed E-state index contributed by atoms with van der Waals surface area (Å²) < 4.78 is 77.3. The molecule has 0 aliphatic rings. The van der Waals surface area contributed by atoms with E-state index in [4.69, 9.17) is 4.52 Å². The van der Waals surface area contributed by atoms with E-state index in [1.165, 1.54) is 6.07 Å². The van der Waals surface area contributed by atoms with E-state index in [0.29, 0.717) is 32.0 Å². The summed E-state index contributed by atoms with van der Waals surface area (Å²) in [6.45, 7) is 11.6. The summed E-state index contributed by atoms with van der Waals surface area (Å²) in [5, 5.41) is 5.12. The molecule has 0 spiro atoms. The van der Waals surface area contributed by atoms with Crippen molar-refractivity contribution >= 4 is 51.5 Å². The average Bonchev–Trinajstić information content (AvgIpc) is 3.27. The fourth-order valence-electron chi connectivity index (χ4n) is 4.27. The van der Waals surface area contributed by atoms with Crippen LogP contribution in [0.2, 0.25) is 19.6 Å². The Balaban J connectivity index is 1.86. The Morgan fingerprint density at radius 1 is 1.07 bits per heavy atom. The summed E-state index contributed by atoms with van der Waals surface area (Å²) >= 11 is 1.88. The van der Waals surface area contributed by atoms with Crippen LogP contribution in [0.3, 0.4) is 0 Å². The highest BCUT2D eigenvalue weighted by Gasteiger charge is 2.34. The van der Waals surface area contributed by atoms with E-state index in [0.717, 1.165) is 12.1 Å². The Labute approximate surface area is 243 Å². The second-order valence-corrected chi connectivity index (χ2v) is 19.4. The molecule has 0 aliphatic heterocycles. The summed E-state index contributed by atoms with van der Waals surface area (Å²) in [6.07, 6.45) is -4.46. The number of halogens is 5. The molecule has 2 aromatic heterocycles. The van der Waals surface area contributed by atoms with Gasteiger partial charge in [0.15, 0.2) is 5.58 Å². The van der Waals surface area contributed by atoms with E-state index in [-0.39, 0.29) is 23.5 Å². The van der Waals surface area contributed by atoms with Crippen LogP contribution in [0.1, 0.15) is 43.6 Å². The molecule has 4 aromatic rings. The van der Waals surface area contributed by atoms with Gasteiger partial charge in [-0.25, -0.2) is 9.37 Å². The van der Waals surface area contributed by atoms with Crippen molar-refractivity contribution in [2.45, 2.75) is 63.8 Å². The molecule has 2 atom stereocenters. The molecule has 0 saturated heterocycles. The second-order valence-electron chi connectivity index (χ2n) is 11.6. The van der Waals surface area contributed by atoms with Crippen LogP contribution in [0.5, 0.6) is 0 Å². The second kappa shape index (κ2) is 11.2. The van der Waals surface area contributed by atoms with Crippen molar-refractivity contribution in [1.82, 2.24) is 14.9 Å². The minimum atomic E-state index is -4.53. The molecule has 214 valence electrons. The maximum atomic E-state index is 15.8. The lowest BCUT2D eigenvalue weighted by Crippen LogP contribution is -2.43. The number of nitrogens with zero attached hydrogens (tertiary/aromatic N) is 2. The zero-order chi connectivity index (χ0) is 29.6. The van der Waals surface area contributed by atoms with E-state index in [1.54, 1.807) is 30.3 Å². The minimum absolute atomic E-state index is 0.0121. The molecule has 40 heavy (non-hydrogen) atoms. The summed E-state index contributed by atoms with van der Waals surface area (Å²) in [5.41, 5.74) is 0.881. The van der Waals surface area contributed by atoms with Crippen LogP contribution < -0.4 is 9.91 Å². The molecule has 0 saturated carbocycles. The van der Waals surface area contributed by atoms with Crippen LogP contribution in [0, 0.1) is 5.82 Å². The van der Waals surface area contributed by atoms with Crippen molar-refractivity contribution in [3.8, 4) is 11.3 Å². The molecular weight excluding hydrogens is 626 g/mol. The van der Waals surface area contributed by atoms with E-state index in [9.17, 15) is 17.7 Å². The Bertz CT molecular complexity index is 1530. The third-order valence-electron chi connectivity index (χ3n) is 6.40. The van der Waals surface area contributed by atoms with Gasteiger partial charge in [0.25, 0.3) is 0 Å². The fraction of sp³-hybridized carbons (Fsp3) is 0.357. The highest BCUT2D eigenvalue weighted by Crippen LogP contribution is 2.38. The van der Waals surface area contributed by atoms with Crippen LogP contribution in [-0.2, 0) is 24.0 Å². The van der Waals surface area contributed by atoms with Crippen LogP contribution in [-0.4, -0.2) is 27.5 Å². The molecule has 4 rings (SSSR count). The highest BCUT2D eigenvalue weighted by molar-refractivity contribution is 9.10. The molecular formula is C28H30BrF4N3O2SSi. The summed E-state index contributed by atoms with van der Waals surface area (Å²) in [6, 6.07) is 11.4. The van der Waals surface area contributed by atoms with Gasteiger partial charge in [-0.1, -0.05) is 49.1 Å². The van der Waals surface area contributed by atoms with Crippen LogP contribution in [0.4, 0.5) is 17.6 Å². The van der Waals surface area contributed by atoms with Gasteiger partial charge in [0.1, 0.15) is 20.9 Å². The molecule has 0 bridgehead atoms. The number of rotatable bonds is 7. The monoisotopic (exact) mass is 655 g/mol. The average molecular weight is 657 g/mol. The number of hydrogen-bond acceptors (Lipinski definition) is 5. The third kappa shape index (κ3) is 6.62. The highest BCUT2D eigenvalue weighted by atomic mass is 79.9. The first-order valence-electron chi connectivity index (χ1n) is 12.6. The standard InChI is InChI=1S/C28H30BrF4N3O2SSi/c1-27(2,3)39(37)36-20(14-21-25(30)23(40(4,5)6)15-24(29)34-21)17-9-7-8-10-18(17)26-19-12-11-16(28(31,32)33)13-22(19)38-35-26/h7-13,15,20,36H,14H2,1-6H3/t20-,39?/m0/s1. The maximum absolute atomic E-state index is 15.8.